The van der Waals surface area contributed by atoms with Crippen LogP contribution in [0.1, 0.15) is 6.42 Å². The minimum absolute atomic E-state index is 0.0440. The van der Waals surface area contributed by atoms with Crippen molar-refractivity contribution in [2.24, 2.45) is 5.73 Å². The van der Waals surface area contributed by atoms with Crippen molar-refractivity contribution in [3.05, 3.63) is 0 Å². The van der Waals surface area contributed by atoms with Gasteiger partial charge in [-0.05, 0) is 0 Å². The predicted molar refractivity (Wildman–Crippen MR) is 47.0 cm³/mol. The van der Waals surface area contributed by atoms with Crippen LogP contribution >= 0.6 is 0 Å². The van der Waals surface area contributed by atoms with E-state index in [1.807, 2.05) is 0 Å². The van der Waals surface area contributed by atoms with E-state index >= 15 is 0 Å². The van der Waals surface area contributed by atoms with Gasteiger partial charge in [0.25, 0.3) is 0 Å². The standard InChI is InChI=1S/C7H14N2O6/c8-2-9-5(7(13)15-4-11)1-6(12)14-3-10/h5,9-11H,1-4,8H2/t5-/m0/s1. The van der Waals surface area contributed by atoms with Crippen LogP contribution in [0.2, 0.25) is 0 Å². The average Bonchev–Trinajstić information content (AvgIpc) is 2.18. The molecule has 0 fully saturated rings. The van der Waals surface area contributed by atoms with Gasteiger partial charge in [-0.3, -0.25) is 14.9 Å². The van der Waals surface area contributed by atoms with Gasteiger partial charge in [0.15, 0.2) is 13.6 Å². The lowest BCUT2D eigenvalue weighted by molar-refractivity contribution is -0.161. The molecule has 88 valence electrons. The van der Waals surface area contributed by atoms with Crippen molar-refractivity contribution in [2.75, 3.05) is 20.3 Å². The van der Waals surface area contributed by atoms with Crippen molar-refractivity contribution in [1.82, 2.24) is 5.32 Å². The van der Waals surface area contributed by atoms with Crippen molar-refractivity contribution in [3.63, 3.8) is 0 Å². The largest absolute Gasteiger partial charge is 0.439 e. The van der Waals surface area contributed by atoms with Crippen molar-refractivity contribution in [2.45, 2.75) is 12.5 Å². The summed E-state index contributed by atoms with van der Waals surface area (Å²) in [7, 11) is 0. The van der Waals surface area contributed by atoms with Gasteiger partial charge in [0.1, 0.15) is 6.04 Å². The van der Waals surface area contributed by atoms with Gasteiger partial charge in [-0.2, -0.15) is 0 Å². The molecule has 0 aliphatic carbocycles. The summed E-state index contributed by atoms with van der Waals surface area (Å²) >= 11 is 0. The molecular weight excluding hydrogens is 208 g/mol. The molecule has 0 saturated carbocycles. The number of esters is 2. The molecule has 0 unspecified atom stereocenters. The van der Waals surface area contributed by atoms with E-state index in [1.54, 1.807) is 0 Å². The average molecular weight is 222 g/mol. The summed E-state index contributed by atoms with van der Waals surface area (Å²) in [5.41, 5.74) is 5.13. The van der Waals surface area contributed by atoms with E-state index in [1.165, 1.54) is 0 Å². The van der Waals surface area contributed by atoms with Gasteiger partial charge >= 0.3 is 11.9 Å². The van der Waals surface area contributed by atoms with E-state index in [4.69, 9.17) is 15.9 Å². The maximum absolute atomic E-state index is 11.1. The van der Waals surface area contributed by atoms with Gasteiger partial charge < -0.3 is 25.4 Å². The summed E-state index contributed by atoms with van der Waals surface area (Å²) in [5.74, 6) is -1.60. The number of carbonyl (C=O) groups is 2. The fourth-order valence-electron chi connectivity index (χ4n) is 0.843. The van der Waals surface area contributed by atoms with E-state index in [0.29, 0.717) is 0 Å². The van der Waals surface area contributed by atoms with Crippen molar-refractivity contribution in [1.29, 1.82) is 0 Å². The van der Waals surface area contributed by atoms with Gasteiger partial charge in [0.2, 0.25) is 0 Å². The van der Waals surface area contributed by atoms with Gasteiger partial charge in [-0.1, -0.05) is 0 Å². The molecule has 0 aromatic heterocycles. The van der Waals surface area contributed by atoms with Gasteiger partial charge in [-0.15, -0.1) is 0 Å². The number of aliphatic hydroxyl groups excluding tert-OH is 2. The van der Waals surface area contributed by atoms with Crippen LogP contribution in [0.3, 0.4) is 0 Å². The predicted octanol–water partition coefficient (Wildman–Crippen LogP) is -2.76. The molecule has 0 saturated heterocycles. The lowest BCUT2D eigenvalue weighted by Gasteiger charge is -2.14. The molecule has 0 bridgehead atoms. The van der Waals surface area contributed by atoms with Crippen LogP contribution in [0, 0.1) is 0 Å². The molecule has 5 N–H and O–H groups in total. The quantitative estimate of drug-likeness (QED) is 0.269. The first kappa shape index (κ1) is 13.8. The summed E-state index contributed by atoms with van der Waals surface area (Å²) in [6, 6.07) is -0.999. The zero-order valence-corrected chi connectivity index (χ0v) is 8.01. The van der Waals surface area contributed by atoms with E-state index < -0.39 is 31.6 Å². The number of aliphatic hydroxyl groups is 2. The smallest absolute Gasteiger partial charge is 0.325 e. The van der Waals surface area contributed by atoms with Crippen LogP contribution in [-0.2, 0) is 19.1 Å². The van der Waals surface area contributed by atoms with Crippen LogP contribution in [0.5, 0.6) is 0 Å². The Morgan fingerprint density at radius 3 is 2.33 bits per heavy atom. The minimum Gasteiger partial charge on any atom is -0.439 e. The van der Waals surface area contributed by atoms with Crippen LogP contribution < -0.4 is 11.1 Å². The Kier molecular flexibility index (Phi) is 7.46. The fraction of sp³-hybridized carbons (Fsp3) is 0.714. The maximum atomic E-state index is 11.1. The number of ether oxygens (including phenoxy) is 2. The molecule has 8 nitrogen and oxygen atoms in total. The second-order valence-corrected chi connectivity index (χ2v) is 2.40. The lowest BCUT2D eigenvalue weighted by Crippen LogP contribution is -2.43. The summed E-state index contributed by atoms with van der Waals surface area (Å²) in [4.78, 5) is 22.0. The Morgan fingerprint density at radius 1 is 1.27 bits per heavy atom. The first-order valence-electron chi connectivity index (χ1n) is 4.13. The zero-order valence-electron chi connectivity index (χ0n) is 8.01. The summed E-state index contributed by atoms with van der Waals surface area (Å²) in [5, 5.41) is 19.1. The molecule has 0 spiro atoms. The fourth-order valence-corrected chi connectivity index (χ4v) is 0.843. The summed E-state index contributed by atoms with van der Waals surface area (Å²) < 4.78 is 8.48. The van der Waals surface area contributed by atoms with Crippen LogP contribution in [-0.4, -0.2) is 48.4 Å². The number of hydrogen-bond acceptors (Lipinski definition) is 8. The Hall–Kier alpha value is -1.22. The van der Waals surface area contributed by atoms with Crippen LogP contribution in [0.4, 0.5) is 0 Å². The number of nitrogens with one attached hydrogen (secondary N) is 1. The van der Waals surface area contributed by atoms with Crippen molar-refractivity contribution < 1.29 is 29.3 Å². The first-order valence-corrected chi connectivity index (χ1v) is 4.13. The number of carbonyl (C=O) groups excluding carboxylic acids is 2. The monoisotopic (exact) mass is 222 g/mol. The summed E-state index contributed by atoms with van der Waals surface area (Å²) in [6.07, 6.45) is -0.337. The molecule has 15 heavy (non-hydrogen) atoms. The lowest BCUT2D eigenvalue weighted by atomic mass is 10.2. The van der Waals surface area contributed by atoms with Crippen molar-refractivity contribution in [3.8, 4) is 0 Å². The van der Waals surface area contributed by atoms with Crippen LogP contribution in [0.25, 0.3) is 0 Å². The molecule has 1 atom stereocenters. The third kappa shape index (κ3) is 5.96. The third-order valence-electron chi connectivity index (χ3n) is 1.45. The second-order valence-electron chi connectivity index (χ2n) is 2.40. The van der Waals surface area contributed by atoms with Crippen LogP contribution in [0.15, 0.2) is 0 Å². The highest BCUT2D eigenvalue weighted by Gasteiger charge is 2.22. The number of hydrogen-bond donors (Lipinski definition) is 4. The van der Waals surface area contributed by atoms with E-state index in [-0.39, 0.29) is 13.1 Å². The van der Waals surface area contributed by atoms with E-state index in [0.717, 1.165) is 0 Å². The highest BCUT2D eigenvalue weighted by molar-refractivity contribution is 5.82. The molecule has 0 rings (SSSR count). The van der Waals surface area contributed by atoms with Gasteiger partial charge in [0, 0.05) is 6.67 Å². The minimum atomic E-state index is -0.999. The molecule has 0 aliphatic heterocycles. The third-order valence-corrected chi connectivity index (χ3v) is 1.45. The molecular formula is C7H14N2O6. The second kappa shape index (κ2) is 8.12. The maximum Gasteiger partial charge on any atom is 0.325 e. The Bertz CT molecular complexity index is 210. The van der Waals surface area contributed by atoms with Crippen molar-refractivity contribution >= 4 is 11.9 Å². The molecule has 0 heterocycles. The Balaban J connectivity index is 4.13. The van der Waals surface area contributed by atoms with E-state index in [9.17, 15) is 9.59 Å². The number of rotatable bonds is 7. The van der Waals surface area contributed by atoms with Gasteiger partial charge in [0.05, 0.1) is 6.42 Å². The van der Waals surface area contributed by atoms with E-state index in [2.05, 4.69) is 14.8 Å². The molecule has 0 radical (unpaired) electrons. The normalized spacial score (nSPS) is 11.9. The molecule has 0 amide bonds. The highest BCUT2D eigenvalue weighted by atomic mass is 16.6. The molecule has 0 aliphatic rings. The zero-order chi connectivity index (χ0) is 11.7. The van der Waals surface area contributed by atoms with Gasteiger partial charge in [-0.25, -0.2) is 0 Å². The molecule has 0 aromatic rings. The number of nitrogens with two attached hydrogens (primary N) is 1. The Morgan fingerprint density at radius 2 is 1.87 bits per heavy atom. The topological polar surface area (TPSA) is 131 Å². The SMILES string of the molecule is NCN[C@@H](CC(=O)OCO)C(=O)OCO. The molecule has 8 heteroatoms. The summed E-state index contributed by atoms with van der Waals surface area (Å²) in [6.45, 7) is -1.59. The Labute approximate surface area is 86.0 Å². The molecule has 0 aromatic carbocycles. The first-order chi connectivity index (χ1) is 7.15. The highest BCUT2D eigenvalue weighted by Crippen LogP contribution is 1.97.